The van der Waals surface area contributed by atoms with Crippen LogP contribution in [0.4, 0.5) is 4.79 Å². The molecule has 0 atom stereocenters. The van der Waals surface area contributed by atoms with Gasteiger partial charge in [0.2, 0.25) is 0 Å². The SMILES string of the molecule is CCNN(NCC)C(=O)O.Cl. The summed E-state index contributed by atoms with van der Waals surface area (Å²) in [5.41, 5.74) is 5.21. The predicted octanol–water partition coefficient (Wildman–Crippen LogP) is 0.437. The first-order valence-corrected chi connectivity index (χ1v) is 3.22. The van der Waals surface area contributed by atoms with E-state index in [1.807, 2.05) is 13.8 Å². The van der Waals surface area contributed by atoms with Crippen LogP contribution in [0.2, 0.25) is 0 Å². The molecule has 0 bridgehead atoms. The van der Waals surface area contributed by atoms with Gasteiger partial charge in [0.25, 0.3) is 0 Å². The molecule has 0 aromatic rings. The van der Waals surface area contributed by atoms with E-state index in [1.54, 1.807) is 0 Å². The van der Waals surface area contributed by atoms with Gasteiger partial charge in [-0.05, 0) is 0 Å². The summed E-state index contributed by atoms with van der Waals surface area (Å²) >= 11 is 0. The monoisotopic (exact) mass is 183 g/mol. The van der Waals surface area contributed by atoms with Crippen molar-refractivity contribution in [2.75, 3.05) is 13.1 Å². The summed E-state index contributed by atoms with van der Waals surface area (Å²) in [7, 11) is 0. The maximum atomic E-state index is 10.3. The largest absolute Gasteiger partial charge is 0.463 e. The minimum Gasteiger partial charge on any atom is -0.463 e. The Balaban J connectivity index is 0. The number of nitrogens with zero attached hydrogens (tertiary/aromatic N) is 1. The molecule has 6 heteroatoms. The molecule has 0 saturated heterocycles. The average molecular weight is 184 g/mol. The Morgan fingerprint density at radius 2 is 1.73 bits per heavy atom. The molecule has 0 rings (SSSR count). The normalized spacial score (nSPS) is 8.55. The number of rotatable bonds is 4. The van der Waals surface area contributed by atoms with E-state index in [0.717, 1.165) is 5.12 Å². The number of hydrazine groups is 2. The molecule has 1 amide bonds. The summed E-state index contributed by atoms with van der Waals surface area (Å²) in [6.45, 7) is 4.82. The molecule has 0 aliphatic carbocycles. The summed E-state index contributed by atoms with van der Waals surface area (Å²) in [6.07, 6.45) is -1.02. The van der Waals surface area contributed by atoms with Crippen molar-refractivity contribution in [2.45, 2.75) is 13.8 Å². The Morgan fingerprint density at radius 3 is 1.91 bits per heavy atom. The van der Waals surface area contributed by atoms with Crippen molar-refractivity contribution < 1.29 is 9.90 Å². The fraction of sp³-hybridized carbons (Fsp3) is 0.800. The predicted molar refractivity (Wildman–Crippen MR) is 44.5 cm³/mol. The maximum Gasteiger partial charge on any atom is 0.436 e. The van der Waals surface area contributed by atoms with E-state index in [4.69, 9.17) is 5.11 Å². The molecule has 0 aromatic carbocycles. The van der Waals surface area contributed by atoms with Crippen LogP contribution in [0.5, 0.6) is 0 Å². The molecule has 3 N–H and O–H groups in total. The van der Waals surface area contributed by atoms with Gasteiger partial charge in [-0.2, -0.15) is 5.12 Å². The lowest BCUT2D eigenvalue weighted by atomic mass is 10.8. The molecule has 0 unspecified atom stereocenters. The molecule has 0 radical (unpaired) electrons. The molecule has 0 saturated carbocycles. The Labute approximate surface area is 72.1 Å². The lowest BCUT2D eigenvalue weighted by Gasteiger charge is -2.18. The van der Waals surface area contributed by atoms with E-state index in [1.165, 1.54) is 0 Å². The summed E-state index contributed by atoms with van der Waals surface area (Å²) in [5, 5.41) is 9.38. The summed E-state index contributed by atoms with van der Waals surface area (Å²) in [6, 6.07) is 0. The van der Waals surface area contributed by atoms with Gasteiger partial charge in [-0.15, -0.1) is 12.4 Å². The molecule has 0 aliphatic heterocycles. The summed E-state index contributed by atoms with van der Waals surface area (Å²) < 4.78 is 0. The molecule has 0 heterocycles. The fourth-order valence-electron chi connectivity index (χ4n) is 0.507. The van der Waals surface area contributed by atoms with E-state index in [2.05, 4.69) is 10.9 Å². The summed E-state index contributed by atoms with van der Waals surface area (Å²) in [4.78, 5) is 10.3. The van der Waals surface area contributed by atoms with Gasteiger partial charge in [-0.3, -0.25) is 0 Å². The molecular formula is C5H14ClN3O2. The number of halogens is 1. The highest BCUT2D eigenvalue weighted by Crippen LogP contribution is 1.75. The molecule has 11 heavy (non-hydrogen) atoms. The van der Waals surface area contributed by atoms with Gasteiger partial charge < -0.3 is 5.11 Å². The third-order valence-electron chi connectivity index (χ3n) is 0.824. The van der Waals surface area contributed by atoms with Gasteiger partial charge in [-0.25, -0.2) is 15.6 Å². The average Bonchev–Trinajstić information content (AvgIpc) is 1.87. The summed E-state index contributed by atoms with van der Waals surface area (Å²) in [5.74, 6) is 0. The van der Waals surface area contributed by atoms with Gasteiger partial charge in [0, 0.05) is 13.1 Å². The van der Waals surface area contributed by atoms with Crippen LogP contribution in [0.15, 0.2) is 0 Å². The highest BCUT2D eigenvalue weighted by molar-refractivity contribution is 5.85. The van der Waals surface area contributed by atoms with Crippen molar-refractivity contribution in [1.82, 2.24) is 16.0 Å². The van der Waals surface area contributed by atoms with Gasteiger partial charge in [0.05, 0.1) is 0 Å². The zero-order valence-corrected chi connectivity index (χ0v) is 7.44. The third kappa shape index (κ3) is 5.90. The van der Waals surface area contributed by atoms with E-state index >= 15 is 0 Å². The second-order valence-electron chi connectivity index (χ2n) is 1.64. The standard InChI is InChI=1S/C5H13N3O2.ClH/c1-3-6-8(5(9)10)7-4-2;/h6-7H,3-4H2,1-2H3,(H,9,10);1H. The highest BCUT2D eigenvalue weighted by Gasteiger charge is 2.06. The van der Waals surface area contributed by atoms with Crippen molar-refractivity contribution in [3.8, 4) is 0 Å². The number of carbonyl (C=O) groups is 1. The van der Waals surface area contributed by atoms with Crippen LogP contribution in [0.25, 0.3) is 0 Å². The van der Waals surface area contributed by atoms with Crippen LogP contribution in [-0.4, -0.2) is 29.4 Å². The van der Waals surface area contributed by atoms with Crippen molar-refractivity contribution >= 4 is 18.5 Å². The van der Waals surface area contributed by atoms with Crippen LogP contribution in [0, 0.1) is 0 Å². The first-order chi connectivity index (χ1) is 4.72. The number of nitrogens with one attached hydrogen (secondary N) is 2. The number of hydrogen-bond acceptors (Lipinski definition) is 3. The van der Waals surface area contributed by atoms with E-state index in [0.29, 0.717) is 13.1 Å². The molecule has 0 fully saturated rings. The fourth-order valence-corrected chi connectivity index (χ4v) is 0.507. The zero-order chi connectivity index (χ0) is 7.98. The first kappa shape index (κ1) is 13.1. The molecular weight excluding hydrogens is 170 g/mol. The molecule has 0 aliphatic rings. The van der Waals surface area contributed by atoms with E-state index in [-0.39, 0.29) is 12.4 Å². The molecule has 5 nitrogen and oxygen atoms in total. The molecule has 0 aromatic heterocycles. The Hall–Kier alpha value is -0.520. The van der Waals surface area contributed by atoms with Crippen LogP contribution in [0.1, 0.15) is 13.8 Å². The van der Waals surface area contributed by atoms with Gasteiger partial charge in [0.15, 0.2) is 0 Å². The van der Waals surface area contributed by atoms with Gasteiger partial charge in [0.1, 0.15) is 0 Å². The minimum atomic E-state index is -1.02. The quantitative estimate of drug-likeness (QED) is 0.554. The minimum absolute atomic E-state index is 0. The Morgan fingerprint density at radius 1 is 1.36 bits per heavy atom. The van der Waals surface area contributed by atoms with Gasteiger partial charge in [-0.1, -0.05) is 13.8 Å². The molecule has 68 valence electrons. The van der Waals surface area contributed by atoms with Crippen molar-refractivity contribution in [3.05, 3.63) is 0 Å². The topological polar surface area (TPSA) is 64.6 Å². The zero-order valence-electron chi connectivity index (χ0n) is 6.63. The lowest BCUT2D eigenvalue weighted by molar-refractivity contribution is 0.0903. The van der Waals surface area contributed by atoms with E-state index < -0.39 is 6.09 Å². The van der Waals surface area contributed by atoms with Crippen molar-refractivity contribution in [2.24, 2.45) is 0 Å². The van der Waals surface area contributed by atoms with Crippen molar-refractivity contribution in [1.29, 1.82) is 0 Å². The van der Waals surface area contributed by atoms with Gasteiger partial charge >= 0.3 is 6.09 Å². The Kier molecular flexibility index (Phi) is 9.03. The lowest BCUT2D eigenvalue weighted by Crippen LogP contribution is -2.50. The number of hydrogen-bond donors (Lipinski definition) is 3. The maximum absolute atomic E-state index is 10.3. The highest BCUT2D eigenvalue weighted by atomic mass is 35.5. The van der Waals surface area contributed by atoms with Crippen molar-refractivity contribution in [3.63, 3.8) is 0 Å². The number of amides is 1. The third-order valence-corrected chi connectivity index (χ3v) is 0.824. The smallest absolute Gasteiger partial charge is 0.436 e. The van der Waals surface area contributed by atoms with Crippen LogP contribution < -0.4 is 10.9 Å². The second kappa shape index (κ2) is 7.59. The second-order valence-corrected chi connectivity index (χ2v) is 1.64. The number of carboxylic acid groups (broad SMARTS) is 1. The van der Waals surface area contributed by atoms with E-state index in [9.17, 15) is 4.79 Å². The molecule has 0 spiro atoms. The van der Waals surface area contributed by atoms with Crippen LogP contribution in [0.3, 0.4) is 0 Å². The first-order valence-electron chi connectivity index (χ1n) is 3.22. The van der Waals surface area contributed by atoms with Crippen LogP contribution >= 0.6 is 12.4 Å². The Bertz CT molecular complexity index is 106. The van der Waals surface area contributed by atoms with Crippen LogP contribution in [-0.2, 0) is 0 Å².